The molecule has 3 heterocycles. The lowest BCUT2D eigenvalue weighted by Gasteiger charge is -2.33. The minimum absolute atomic E-state index is 0.00298. The van der Waals surface area contributed by atoms with E-state index in [0.717, 1.165) is 25.0 Å². The average Bonchev–Trinajstić information content (AvgIpc) is 3.06. The number of alkyl halides is 1. The number of rotatable bonds is 0. The summed E-state index contributed by atoms with van der Waals surface area (Å²) in [6.07, 6.45) is 4.05. The van der Waals surface area contributed by atoms with Crippen molar-refractivity contribution in [2.24, 2.45) is 5.92 Å². The summed E-state index contributed by atoms with van der Waals surface area (Å²) in [5.41, 5.74) is 8.00. The third kappa shape index (κ3) is 3.73. The first-order valence-corrected chi connectivity index (χ1v) is 8.67. The maximum Gasteiger partial charge on any atom is 0.407 e. The number of fused-ring (bicyclic) bond motifs is 4. The zero-order valence-corrected chi connectivity index (χ0v) is 13.8. The summed E-state index contributed by atoms with van der Waals surface area (Å²) < 4.78 is 24.8. The van der Waals surface area contributed by atoms with Crippen LogP contribution in [0.15, 0.2) is 12.4 Å². The van der Waals surface area contributed by atoms with Gasteiger partial charge in [0.2, 0.25) is 0 Å². The predicted octanol–water partition coefficient (Wildman–Crippen LogP) is 0.757. The molecule has 1 saturated carbocycles. The minimum Gasteiger partial charge on any atom is -0.443 e. The number of alkyl carbamates (subject to hydrolysis) is 1. The molecule has 5 atom stereocenters. The van der Waals surface area contributed by atoms with Crippen molar-refractivity contribution in [2.75, 3.05) is 13.2 Å². The maximum atomic E-state index is 13.9. The van der Waals surface area contributed by atoms with Gasteiger partial charge in [0.25, 0.3) is 0 Å². The van der Waals surface area contributed by atoms with E-state index < -0.39 is 12.3 Å². The van der Waals surface area contributed by atoms with Gasteiger partial charge in [-0.05, 0) is 19.3 Å². The number of cyclic esters (lactones) is 1. The van der Waals surface area contributed by atoms with Crippen LogP contribution < -0.4 is 16.2 Å². The molecule has 2 fully saturated rings. The molecule has 1 amide bonds. The summed E-state index contributed by atoms with van der Waals surface area (Å²) >= 11 is 0. The fourth-order valence-corrected chi connectivity index (χ4v) is 3.79. The minimum atomic E-state index is -1.26. The Bertz CT molecular complexity index is 634. The Morgan fingerprint density at radius 2 is 2.16 bits per heavy atom. The van der Waals surface area contributed by atoms with E-state index in [0.29, 0.717) is 17.7 Å². The number of nitrogens with one attached hydrogen (secondary N) is 3. The van der Waals surface area contributed by atoms with Crippen LogP contribution in [0.2, 0.25) is 0 Å². The van der Waals surface area contributed by atoms with E-state index in [1.54, 1.807) is 12.4 Å². The Morgan fingerprint density at radius 3 is 3.08 bits per heavy atom. The fraction of sp³-hybridized carbons (Fsp3) is 0.688. The molecule has 136 valence electrons. The van der Waals surface area contributed by atoms with Gasteiger partial charge in [-0.15, -0.1) is 0 Å². The van der Waals surface area contributed by atoms with Crippen molar-refractivity contribution in [3.63, 3.8) is 0 Å². The summed E-state index contributed by atoms with van der Waals surface area (Å²) in [5.74, 6) is 0.298. The number of hydrogen-bond donors (Lipinski definition) is 3. The summed E-state index contributed by atoms with van der Waals surface area (Å²) in [4.78, 5) is 20.5. The Balaban J connectivity index is 1.58. The van der Waals surface area contributed by atoms with Crippen LogP contribution in [0.4, 0.5) is 9.18 Å². The van der Waals surface area contributed by atoms with Crippen molar-refractivity contribution in [2.45, 2.75) is 50.2 Å². The normalized spacial score (nSPS) is 35.9. The molecule has 9 heteroatoms. The highest BCUT2D eigenvalue weighted by atomic mass is 19.1. The van der Waals surface area contributed by atoms with Crippen LogP contribution in [0.25, 0.3) is 0 Å². The van der Waals surface area contributed by atoms with Gasteiger partial charge in [0.1, 0.15) is 12.8 Å². The summed E-state index contributed by atoms with van der Waals surface area (Å²) in [7, 11) is 0. The number of hydrazine groups is 1. The number of halogens is 1. The standard InChI is InChI=1S/C16H22FN5O3/c17-9-4-19-16(23)25-8-10-5-18-6-14(20-10)15-12-3-11(24-7-9)1-2-13(12)21-22-15/h5-6,9,11-13,15,21-22H,1-4,7-8H2,(H,19,23)/t9-,11?,12?,13?,15?/m0/s1. The molecule has 25 heavy (non-hydrogen) atoms. The molecule has 8 nitrogen and oxygen atoms in total. The summed E-state index contributed by atoms with van der Waals surface area (Å²) in [5, 5.41) is 2.41. The number of ether oxygens (including phenoxy) is 2. The Hall–Kier alpha value is -1.84. The van der Waals surface area contributed by atoms with Gasteiger partial charge in [0.15, 0.2) is 0 Å². The van der Waals surface area contributed by atoms with Crippen LogP contribution in [-0.4, -0.2) is 47.5 Å². The highest BCUT2D eigenvalue weighted by molar-refractivity contribution is 5.67. The van der Waals surface area contributed by atoms with Crippen LogP contribution in [0.3, 0.4) is 0 Å². The maximum absolute atomic E-state index is 13.9. The molecule has 1 aromatic heterocycles. The molecule has 0 spiro atoms. The second kappa shape index (κ2) is 7.19. The molecule has 3 N–H and O–H groups in total. The van der Waals surface area contributed by atoms with Crippen LogP contribution >= 0.6 is 0 Å². The van der Waals surface area contributed by atoms with E-state index in [9.17, 15) is 9.18 Å². The third-order valence-electron chi connectivity index (χ3n) is 5.06. The molecule has 1 aliphatic carbocycles. The van der Waals surface area contributed by atoms with Gasteiger partial charge in [-0.25, -0.2) is 19.6 Å². The van der Waals surface area contributed by atoms with E-state index in [2.05, 4.69) is 26.1 Å². The summed E-state index contributed by atoms with van der Waals surface area (Å²) in [6.45, 7) is -0.159. The molecule has 3 aliphatic rings. The van der Waals surface area contributed by atoms with Gasteiger partial charge in [0, 0.05) is 12.0 Å². The Morgan fingerprint density at radius 1 is 1.24 bits per heavy atom. The number of amides is 1. The molecular weight excluding hydrogens is 329 g/mol. The van der Waals surface area contributed by atoms with Crippen LogP contribution in [0, 0.1) is 5.92 Å². The first kappa shape index (κ1) is 16.6. The highest BCUT2D eigenvalue weighted by Gasteiger charge is 2.42. The molecule has 4 bridgehead atoms. The van der Waals surface area contributed by atoms with Crippen LogP contribution in [0.1, 0.15) is 36.7 Å². The SMILES string of the molecule is O=C1NC[C@H](F)COC2CCC3NNC(c4cncc(n4)CO1)C3C2. The lowest BCUT2D eigenvalue weighted by Crippen LogP contribution is -2.39. The summed E-state index contributed by atoms with van der Waals surface area (Å²) in [6, 6.07) is 0.343. The van der Waals surface area contributed by atoms with E-state index >= 15 is 0 Å². The third-order valence-corrected chi connectivity index (χ3v) is 5.06. The molecule has 2 aliphatic heterocycles. The van der Waals surface area contributed by atoms with Crippen LogP contribution in [-0.2, 0) is 16.1 Å². The smallest absolute Gasteiger partial charge is 0.407 e. The monoisotopic (exact) mass is 351 g/mol. The number of carbonyl (C=O) groups is 1. The second-order valence-corrected chi connectivity index (χ2v) is 6.79. The van der Waals surface area contributed by atoms with Crippen molar-refractivity contribution in [3.05, 3.63) is 23.8 Å². The van der Waals surface area contributed by atoms with E-state index in [1.165, 1.54) is 0 Å². The van der Waals surface area contributed by atoms with Crippen molar-refractivity contribution >= 4 is 6.09 Å². The zero-order valence-electron chi connectivity index (χ0n) is 13.8. The fourth-order valence-electron chi connectivity index (χ4n) is 3.79. The number of hydrogen-bond acceptors (Lipinski definition) is 7. The Kier molecular flexibility index (Phi) is 4.78. The second-order valence-electron chi connectivity index (χ2n) is 6.79. The molecule has 4 rings (SSSR count). The molecule has 0 aromatic carbocycles. The van der Waals surface area contributed by atoms with E-state index in [-0.39, 0.29) is 31.9 Å². The van der Waals surface area contributed by atoms with Crippen molar-refractivity contribution in [1.82, 2.24) is 26.1 Å². The largest absolute Gasteiger partial charge is 0.443 e. The molecule has 4 unspecified atom stereocenters. The van der Waals surface area contributed by atoms with Gasteiger partial charge >= 0.3 is 6.09 Å². The van der Waals surface area contributed by atoms with Gasteiger partial charge < -0.3 is 14.8 Å². The highest BCUT2D eigenvalue weighted by Crippen LogP contribution is 2.38. The lowest BCUT2D eigenvalue weighted by molar-refractivity contribution is -0.0157. The van der Waals surface area contributed by atoms with Gasteiger partial charge in [-0.2, -0.15) is 0 Å². The van der Waals surface area contributed by atoms with Crippen molar-refractivity contribution in [3.8, 4) is 0 Å². The number of nitrogens with zero attached hydrogens (tertiary/aromatic N) is 2. The molecule has 1 saturated heterocycles. The Labute approximate surface area is 144 Å². The van der Waals surface area contributed by atoms with E-state index in [4.69, 9.17) is 9.47 Å². The average molecular weight is 351 g/mol. The van der Waals surface area contributed by atoms with Gasteiger partial charge in [0.05, 0.1) is 49.1 Å². The van der Waals surface area contributed by atoms with Crippen LogP contribution in [0.5, 0.6) is 0 Å². The van der Waals surface area contributed by atoms with E-state index in [1.807, 2.05) is 0 Å². The predicted molar refractivity (Wildman–Crippen MR) is 85.0 cm³/mol. The zero-order chi connectivity index (χ0) is 17.2. The van der Waals surface area contributed by atoms with Gasteiger partial charge in [-0.1, -0.05) is 0 Å². The quantitative estimate of drug-likeness (QED) is 0.635. The molecule has 1 aromatic rings. The topological polar surface area (TPSA) is 97.4 Å². The first-order valence-electron chi connectivity index (χ1n) is 8.67. The number of aromatic nitrogens is 2. The van der Waals surface area contributed by atoms with Gasteiger partial charge in [-0.3, -0.25) is 10.4 Å². The molecular formula is C16H22FN5O3. The molecule has 0 radical (unpaired) electrons. The number of carbonyl (C=O) groups excluding carboxylic acids is 1. The van der Waals surface area contributed by atoms with Crippen molar-refractivity contribution in [1.29, 1.82) is 0 Å². The first-order chi connectivity index (χ1) is 12.2. The van der Waals surface area contributed by atoms with Crippen molar-refractivity contribution < 1.29 is 18.7 Å². The lowest BCUT2D eigenvalue weighted by atomic mass is 9.79.